The molecular weight excluding hydrogens is 493 g/mol. The third-order valence-corrected chi connectivity index (χ3v) is 9.89. The average Bonchev–Trinajstić information content (AvgIpc) is 2.91. The lowest BCUT2D eigenvalue weighted by Gasteiger charge is -2.29. The molecule has 0 saturated carbocycles. The molecule has 0 aromatic heterocycles. The first-order valence-corrected chi connectivity index (χ1v) is 14.8. The van der Waals surface area contributed by atoms with Crippen molar-refractivity contribution in [2.75, 3.05) is 6.26 Å². The molecule has 4 aromatic rings. The van der Waals surface area contributed by atoms with Gasteiger partial charge in [0.1, 0.15) is 6.61 Å². The van der Waals surface area contributed by atoms with Crippen LogP contribution in [0.4, 0.5) is 0 Å². The fourth-order valence-corrected chi connectivity index (χ4v) is 8.46. The van der Waals surface area contributed by atoms with Crippen LogP contribution in [0.1, 0.15) is 17.2 Å². The number of esters is 1. The molecule has 0 bridgehead atoms. The molecule has 0 aliphatic rings. The molecule has 4 rings (SSSR count). The van der Waals surface area contributed by atoms with Gasteiger partial charge >= 0.3 is 5.97 Å². The Hall–Kier alpha value is -3.51. The summed E-state index contributed by atoms with van der Waals surface area (Å²) in [6.07, 6.45) is -0.184. The van der Waals surface area contributed by atoms with Crippen molar-refractivity contribution in [1.29, 1.82) is 0 Å². The summed E-state index contributed by atoms with van der Waals surface area (Å²) in [4.78, 5) is 13.5. The topological polar surface area (TPSA) is 82.0 Å². The molecule has 0 N–H and O–H groups in total. The van der Waals surface area contributed by atoms with Crippen molar-refractivity contribution >= 4 is 33.9 Å². The van der Waals surface area contributed by atoms with Crippen LogP contribution in [0.25, 0.3) is 0 Å². The van der Waals surface area contributed by atoms with Crippen molar-refractivity contribution in [1.82, 2.24) is 0 Å². The van der Waals surface area contributed by atoms with Gasteiger partial charge in [-0.05, 0) is 11.1 Å². The lowest BCUT2D eigenvalue weighted by Crippen LogP contribution is -2.25. The van der Waals surface area contributed by atoms with Gasteiger partial charge in [-0.3, -0.25) is 0 Å². The van der Waals surface area contributed by atoms with E-state index in [2.05, 4.69) is 4.15 Å². The van der Waals surface area contributed by atoms with Gasteiger partial charge in [0.2, 0.25) is 0 Å². The Balaban J connectivity index is 1.86. The van der Waals surface area contributed by atoms with E-state index in [4.69, 9.17) is 9.26 Å². The van der Waals surface area contributed by atoms with Crippen molar-refractivity contribution in [3.8, 4) is 0 Å². The molecule has 184 valence electrons. The van der Waals surface area contributed by atoms with Gasteiger partial charge in [-0.2, -0.15) is 0 Å². The summed E-state index contributed by atoms with van der Waals surface area (Å²) in [7, 11) is -7.35. The van der Waals surface area contributed by atoms with E-state index in [0.29, 0.717) is 16.2 Å². The molecule has 6 nitrogen and oxygen atoms in total. The van der Waals surface area contributed by atoms with Crippen molar-refractivity contribution < 1.29 is 22.5 Å². The van der Waals surface area contributed by atoms with E-state index in [-0.39, 0.29) is 6.61 Å². The second-order valence-electron chi connectivity index (χ2n) is 8.05. The third kappa shape index (κ3) is 6.38. The maximum atomic E-state index is 13.5. The second-order valence-corrected chi connectivity index (χ2v) is 12.6. The van der Waals surface area contributed by atoms with E-state index < -0.39 is 29.4 Å². The highest BCUT2D eigenvalue weighted by atomic mass is 32.2. The van der Waals surface area contributed by atoms with Crippen molar-refractivity contribution in [2.45, 2.75) is 12.7 Å². The average molecular weight is 520 g/mol. The Kier molecular flexibility index (Phi) is 8.16. The van der Waals surface area contributed by atoms with Crippen LogP contribution in [0.2, 0.25) is 0 Å². The first kappa shape index (κ1) is 25.6. The number of carbonyl (C=O) groups is 1. The smallest absolute Gasteiger partial charge is 0.340 e. The number of hydrogen-bond donors (Lipinski definition) is 0. The minimum absolute atomic E-state index is 0.0533. The van der Waals surface area contributed by atoms with Crippen LogP contribution >= 0.6 is 7.28 Å². The highest BCUT2D eigenvalue weighted by Crippen LogP contribution is 2.53. The van der Waals surface area contributed by atoms with Crippen molar-refractivity contribution in [2.24, 2.45) is 4.15 Å². The molecule has 0 heterocycles. The van der Waals surface area contributed by atoms with E-state index in [0.717, 1.165) is 11.8 Å². The second kappa shape index (κ2) is 11.5. The first-order chi connectivity index (χ1) is 17.4. The summed E-state index contributed by atoms with van der Waals surface area (Å²) in [5, 5.41) is 1.14. The molecular formula is C28H26NO5PS. The molecule has 36 heavy (non-hydrogen) atoms. The van der Waals surface area contributed by atoms with Crippen LogP contribution in [0, 0.1) is 0 Å². The zero-order valence-corrected chi connectivity index (χ0v) is 21.4. The summed E-state index contributed by atoms with van der Waals surface area (Å²) >= 11 is 0. The van der Waals surface area contributed by atoms with E-state index in [1.54, 1.807) is 72.8 Å². The standard InChI is InChI=1S/C28H26NO5PS/c1-36(31,32)29-35(25-18-10-4-11-19-25,26-20-12-5-13-21-26)34-27(24-16-8-3-9-17-24)28(30)33-22-23-14-6-2-7-15-23/h2-21,27H,22H2,1H3. The normalized spacial score (nSPS) is 12.5. The van der Waals surface area contributed by atoms with Gasteiger partial charge in [0.05, 0.1) is 6.26 Å². The highest BCUT2D eigenvalue weighted by Gasteiger charge is 2.36. The van der Waals surface area contributed by atoms with E-state index in [9.17, 15) is 13.2 Å². The van der Waals surface area contributed by atoms with E-state index in [1.807, 2.05) is 48.5 Å². The quantitative estimate of drug-likeness (QED) is 0.224. The number of rotatable bonds is 9. The summed E-state index contributed by atoms with van der Waals surface area (Å²) < 4.78 is 41.9. The Labute approximate surface area is 211 Å². The SMILES string of the molecule is CS(=O)(=O)N=P(OC(C(=O)OCc1ccccc1)c1ccccc1)(c1ccccc1)c1ccccc1. The van der Waals surface area contributed by atoms with Gasteiger partial charge in [0.25, 0.3) is 10.0 Å². The van der Waals surface area contributed by atoms with Crippen molar-refractivity contribution in [3.63, 3.8) is 0 Å². The predicted octanol–water partition coefficient (Wildman–Crippen LogP) is 5.21. The number of sulfonamides is 1. The third-order valence-electron chi connectivity index (χ3n) is 5.27. The molecule has 0 radical (unpaired) electrons. The van der Waals surface area contributed by atoms with Crippen LogP contribution in [-0.2, 0) is 30.7 Å². The zero-order valence-electron chi connectivity index (χ0n) is 19.7. The van der Waals surface area contributed by atoms with Gasteiger partial charge in [-0.1, -0.05) is 121 Å². The van der Waals surface area contributed by atoms with Gasteiger partial charge in [-0.25, -0.2) is 13.2 Å². The molecule has 1 unspecified atom stereocenters. The molecule has 8 heteroatoms. The largest absolute Gasteiger partial charge is 0.459 e. The predicted molar refractivity (Wildman–Crippen MR) is 143 cm³/mol. The molecule has 0 spiro atoms. The Morgan fingerprint density at radius 2 is 1.19 bits per heavy atom. The molecule has 0 saturated heterocycles. The first-order valence-electron chi connectivity index (χ1n) is 11.3. The Morgan fingerprint density at radius 1 is 0.750 bits per heavy atom. The highest BCUT2D eigenvalue weighted by molar-refractivity contribution is 7.95. The van der Waals surface area contributed by atoms with Crippen LogP contribution in [-0.4, -0.2) is 20.6 Å². The van der Waals surface area contributed by atoms with Gasteiger partial charge < -0.3 is 9.26 Å². The fourth-order valence-electron chi connectivity index (χ4n) is 3.68. The fraction of sp³-hybridized carbons (Fsp3) is 0.107. The molecule has 1 atom stereocenters. The Bertz CT molecular complexity index is 1400. The summed E-state index contributed by atoms with van der Waals surface area (Å²) in [5.74, 6) is -0.634. The Morgan fingerprint density at radius 3 is 1.67 bits per heavy atom. The van der Waals surface area contributed by atoms with Crippen LogP contribution in [0.3, 0.4) is 0 Å². The molecule has 0 aliphatic carbocycles. The van der Waals surface area contributed by atoms with Gasteiger partial charge in [0.15, 0.2) is 13.4 Å². The number of nitrogens with zero attached hydrogens (tertiary/aromatic N) is 1. The van der Waals surface area contributed by atoms with Gasteiger partial charge in [-0.15, -0.1) is 4.15 Å². The number of benzene rings is 4. The lowest BCUT2D eigenvalue weighted by molar-refractivity contribution is -0.153. The maximum Gasteiger partial charge on any atom is 0.340 e. The maximum absolute atomic E-state index is 13.5. The van der Waals surface area contributed by atoms with E-state index >= 15 is 0 Å². The monoisotopic (exact) mass is 519 g/mol. The molecule has 4 aromatic carbocycles. The van der Waals surface area contributed by atoms with E-state index in [1.165, 1.54) is 0 Å². The minimum atomic E-state index is -3.89. The minimum Gasteiger partial charge on any atom is -0.459 e. The number of ether oxygens (including phenoxy) is 1. The van der Waals surface area contributed by atoms with Crippen LogP contribution in [0.5, 0.6) is 0 Å². The van der Waals surface area contributed by atoms with Crippen LogP contribution in [0.15, 0.2) is 125 Å². The number of hydrogen-bond acceptors (Lipinski definition) is 5. The zero-order chi connectivity index (χ0) is 25.4. The summed E-state index contributed by atoms with van der Waals surface area (Å²) in [5.41, 5.74) is 1.36. The molecule has 0 aliphatic heterocycles. The summed E-state index contributed by atoms with van der Waals surface area (Å²) in [6, 6.07) is 36.1. The lowest BCUT2D eigenvalue weighted by atomic mass is 10.1. The van der Waals surface area contributed by atoms with Crippen LogP contribution < -0.4 is 10.6 Å². The number of carbonyl (C=O) groups excluding carboxylic acids is 1. The molecule has 0 amide bonds. The molecule has 0 fully saturated rings. The van der Waals surface area contributed by atoms with Gasteiger partial charge in [0, 0.05) is 10.6 Å². The summed E-state index contributed by atoms with van der Waals surface area (Å²) in [6.45, 7) is 0.0533. The van der Waals surface area contributed by atoms with Crippen molar-refractivity contribution in [3.05, 3.63) is 132 Å².